The molecule has 2 aromatic rings. The average Bonchev–Trinajstić information content (AvgIpc) is 3.39. The Morgan fingerprint density at radius 2 is 2.11 bits per heavy atom. The van der Waals surface area contributed by atoms with Gasteiger partial charge in [0.1, 0.15) is 6.26 Å². The van der Waals surface area contributed by atoms with E-state index in [0.717, 1.165) is 63.2 Å². The van der Waals surface area contributed by atoms with Crippen LogP contribution in [0.25, 0.3) is 11.5 Å². The first-order valence-electron chi connectivity index (χ1n) is 10.0. The van der Waals surface area contributed by atoms with Crippen LogP contribution in [0, 0.1) is 5.92 Å². The standard InChI is InChI=1S/C21H28N4O2.ClH/c26-20(19-9-4-10-22-19)23-12-16-6-5-11-25(13-16)14-18-15-27-21(24-18)17-7-2-1-3-8-17;/h1-3,7-8,15-16,19,22H,4-6,9-14H2,(H,23,26);1H. The molecule has 2 fully saturated rings. The highest BCUT2D eigenvalue weighted by molar-refractivity contribution is 5.85. The van der Waals surface area contributed by atoms with Crippen molar-refractivity contribution in [1.82, 2.24) is 20.5 Å². The summed E-state index contributed by atoms with van der Waals surface area (Å²) in [6.07, 6.45) is 6.14. The van der Waals surface area contributed by atoms with Crippen LogP contribution in [0.3, 0.4) is 0 Å². The van der Waals surface area contributed by atoms with Gasteiger partial charge in [0, 0.05) is 25.2 Å². The summed E-state index contributed by atoms with van der Waals surface area (Å²) in [4.78, 5) is 19.2. The Bertz CT molecular complexity index is 746. The molecule has 6 nitrogen and oxygen atoms in total. The number of halogens is 1. The van der Waals surface area contributed by atoms with E-state index in [9.17, 15) is 4.79 Å². The molecule has 28 heavy (non-hydrogen) atoms. The zero-order chi connectivity index (χ0) is 18.5. The number of nitrogens with zero attached hydrogens (tertiary/aromatic N) is 2. The smallest absolute Gasteiger partial charge is 0.237 e. The summed E-state index contributed by atoms with van der Waals surface area (Å²) in [6.45, 7) is 4.58. The number of carbonyl (C=O) groups is 1. The van der Waals surface area contributed by atoms with Crippen molar-refractivity contribution in [3.8, 4) is 11.5 Å². The van der Waals surface area contributed by atoms with Crippen LogP contribution in [0.5, 0.6) is 0 Å². The lowest BCUT2D eigenvalue weighted by molar-refractivity contribution is -0.123. The Morgan fingerprint density at radius 1 is 1.25 bits per heavy atom. The molecule has 1 aromatic carbocycles. The van der Waals surface area contributed by atoms with Crippen LogP contribution in [0.1, 0.15) is 31.4 Å². The quantitative estimate of drug-likeness (QED) is 0.774. The average molecular weight is 405 g/mol. The monoisotopic (exact) mass is 404 g/mol. The maximum absolute atomic E-state index is 12.2. The number of carbonyl (C=O) groups excluding carboxylic acids is 1. The number of likely N-dealkylation sites (tertiary alicyclic amines) is 1. The van der Waals surface area contributed by atoms with Crippen molar-refractivity contribution in [1.29, 1.82) is 0 Å². The molecule has 0 spiro atoms. The summed E-state index contributed by atoms with van der Waals surface area (Å²) in [5.74, 6) is 1.34. The van der Waals surface area contributed by atoms with Gasteiger partial charge < -0.3 is 15.1 Å². The van der Waals surface area contributed by atoms with Crippen LogP contribution < -0.4 is 10.6 Å². The molecule has 2 unspecified atom stereocenters. The number of hydrogen-bond acceptors (Lipinski definition) is 5. The topological polar surface area (TPSA) is 70.4 Å². The highest BCUT2D eigenvalue weighted by Crippen LogP contribution is 2.21. The van der Waals surface area contributed by atoms with Gasteiger partial charge in [-0.25, -0.2) is 4.98 Å². The maximum Gasteiger partial charge on any atom is 0.237 e. The zero-order valence-corrected chi connectivity index (χ0v) is 16.9. The molecule has 0 aliphatic carbocycles. The van der Waals surface area contributed by atoms with Crippen LogP contribution in [-0.4, -0.2) is 48.0 Å². The fourth-order valence-corrected chi connectivity index (χ4v) is 4.06. The van der Waals surface area contributed by atoms with Crippen LogP contribution in [0.15, 0.2) is 41.0 Å². The Balaban J connectivity index is 0.00000225. The van der Waals surface area contributed by atoms with Gasteiger partial charge >= 0.3 is 0 Å². The van der Waals surface area contributed by atoms with E-state index in [1.165, 1.54) is 6.42 Å². The van der Waals surface area contributed by atoms with Gasteiger partial charge in [-0.05, 0) is 56.8 Å². The van der Waals surface area contributed by atoms with Crippen molar-refractivity contribution < 1.29 is 9.21 Å². The number of piperidine rings is 1. The summed E-state index contributed by atoms with van der Waals surface area (Å²) in [5, 5.41) is 6.40. The molecule has 2 N–H and O–H groups in total. The first kappa shape index (κ1) is 20.8. The molecule has 0 bridgehead atoms. The molecule has 0 radical (unpaired) electrons. The SMILES string of the molecule is Cl.O=C(NCC1CCCN(Cc2coc(-c3ccccc3)n2)C1)C1CCCN1. The Morgan fingerprint density at radius 3 is 2.89 bits per heavy atom. The molecule has 2 aliphatic heterocycles. The molecule has 3 heterocycles. The second kappa shape index (κ2) is 10.0. The molecule has 152 valence electrons. The third-order valence-electron chi connectivity index (χ3n) is 5.50. The van der Waals surface area contributed by atoms with E-state index in [1.54, 1.807) is 6.26 Å². The molecular weight excluding hydrogens is 376 g/mol. The first-order chi connectivity index (χ1) is 13.3. The minimum atomic E-state index is 0. The van der Waals surface area contributed by atoms with Crippen molar-refractivity contribution in [2.75, 3.05) is 26.2 Å². The fourth-order valence-electron chi connectivity index (χ4n) is 4.06. The number of benzene rings is 1. The van der Waals surface area contributed by atoms with Crippen molar-refractivity contribution >= 4 is 18.3 Å². The van der Waals surface area contributed by atoms with Crippen molar-refractivity contribution in [2.45, 2.75) is 38.3 Å². The lowest BCUT2D eigenvalue weighted by Crippen LogP contribution is -2.45. The van der Waals surface area contributed by atoms with Gasteiger partial charge in [0.05, 0.1) is 11.7 Å². The van der Waals surface area contributed by atoms with Crippen molar-refractivity contribution in [2.24, 2.45) is 5.92 Å². The molecule has 0 saturated carbocycles. The minimum Gasteiger partial charge on any atom is -0.444 e. The summed E-state index contributed by atoms with van der Waals surface area (Å²) >= 11 is 0. The van der Waals surface area contributed by atoms with Crippen LogP contribution in [-0.2, 0) is 11.3 Å². The highest BCUT2D eigenvalue weighted by Gasteiger charge is 2.25. The first-order valence-corrected chi connectivity index (χ1v) is 10.0. The second-order valence-electron chi connectivity index (χ2n) is 7.65. The summed E-state index contributed by atoms with van der Waals surface area (Å²) in [6, 6.07) is 10.00. The summed E-state index contributed by atoms with van der Waals surface area (Å²) < 4.78 is 5.65. The maximum atomic E-state index is 12.2. The Kier molecular flexibility index (Phi) is 7.48. The van der Waals surface area contributed by atoms with Crippen LogP contribution >= 0.6 is 12.4 Å². The van der Waals surface area contributed by atoms with Gasteiger partial charge in [-0.2, -0.15) is 0 Å². The number of amides is 1. The molecule has 1 aromatic heterocycles. The number of nitrogens with one attached hydrogen (secondary N) is 2. The Hall–Kier alpha value is -1.89. The molecule has 2 atom stereocenters. The van der Waals surface area contributed by atoms with E-state index < -0.39 is 0 Å². The zero-order valence-electron chi connectivity index (χ0n) is 16.1. The van der Waals surface area contributed by atoms with Crippen molar-refractivity contribution in [3.05, 3.63) is 42.3 Å². The second-order valence-corrected chi connectivity index (χ2v) is 7.65. The van der Waals surface area contributed by atoms with E-state index in [4.69, 9.17) is 4.42 Å². The van der Waals surface area contributed by atoms with Gasteiger partial charge in [0.25, 0.3) is 0 Å². The van der Waals surface area contributed by atoms with Crippen LogP contribution in [0.4, 0.5) is 0 Å². The molecule has 4 rings (SSSR count). The lowest BCUT2D eigenvalue weighted by Gasteiger charge is -2.32. The van der Waals surface area contributed by atoms with E-state index in [-0.39, 0.29) is 24.4 Å². The molecular formula is C21H29ClN4O2. The normalized spacial score (nSPS) is 22.6. The third kappa shape index (κ3) is 5.34. The highest BCUT2D eigenvalue weighted by atomic mass is 35.5. The van der Waals surface area contributed by atoms with Gasteiger partial charge in [0.15, 0.2) is 0 Å². The third-order valence-corrected chi connectivity index (χ3v) is 5.50. The van der Waals surface area contributed by atoms with Gasteiger partial charge in [-0.3, -0.25) is 9.69 Å². The number of rotatable bonds is 6. The van der Waals surface area contributed by atoms with E-state index in [0.29, 0.717) is 11.8 Å². The van der Waals surface area contributed by atoms with Gasteiger partial charge in [-0.1, -0.05) is 18.2 Å². The number of hydrogen-bond donors (Lipinski definition) is 2. The molecule has 7 heteroatoms. The minimum absolute atomic E-state index is 0. The fraction of sp³-hybridized carbons (Fsp3) is 0.524. The predicted molar refractivity (Wildman–Crippen MR) is 111 cm³/mol. The largest absolute Gasteiger partial charge is 0.444 e. The van der Waals surface area contributed by atoms with E-state index >= 15 is 0 Å². The van der Waals surface area contributed by atoms with Gasteiger partial charge in [0.2, 0.25) is 11.8 Å². The van der Waals surface area contributed by atoms with E-state index in [1.807, 2.05) is 30.3 Å². The Labute approximate surface area is 172 Å². The van der Waals surface area contributed by atoms with Crippen LogP contribution in [0.2, 0.25) is 0 Å². The number of aromatic nitrogens is 1. The molecule has 2 saturated heterocycles. The molecule has 2 aliphatic rings. The summed E-state index contributed by atoms with van der Waals surface area (Å²) in [5.41, 5.74) is 1.97. The predicted octanol–water partition coefficient (Wildman–Crippen LogP) is 2.84. The van der Waals surface area contributed by atoms with E-state index in [2.05, 4.69) is 20.5 Å². The summed E-state index contributed by atoms with van der Waals surface area (Å²) in [7, 11) is 0. The van der Waals surface area contributed by atoms with Gasteiger partial charge in [-0.15, -0.1) is 12.4 Å². The lowest BCUT2D eigenvalue weighted by atomic mass is 9.97. The van der Waals surface area contributed by atoms with Crippen molar-refractivity contribution in [3.63, 3.8) is 0 Å². The molecule has 1 amide bonds. The number of oxazole rings is 1.